The summed E-state index contributed by atoms with van der Waals surface area (Å²) >= 11 is 0. The van der Waals surface area contributed by atoms with Gasteiger partial charge >= 0.3 is 0 Å². The number of unbranched alkanes of at least 4 members (excludes halogenated alkanes) is 1. The monoisotopic (exact) mass is 538 g/mol. The lowest BCUT2D eigenvalue weighted by Gasteiger charge is -2.25. The lowest BCUT2D eigenvalue weighted by Crippen LogP contribution is -2.48. The van der Waals surface area contributed by atoms with E-state index in [1.165, 1.54) is 12.1 Å². The molecule has 0 fully saturated rings. The van der Waals surface area contributed by atoms with E-state index in [1.807, 2.05) is 31.2 Å². The lowest BCUT2D eigenvalue weighted by atomic mass is 9.98. The molecule has 3 rings (SSSR count). The molecule has 208 valence electrons. The van der Waals surface area contributed by atoms with Crippen molar-refractivity contribution in [3.8, 4) is 5.75 Å². The Labute approximate surface area is 228 Å². The number of hydrogen-bond donors (Lipinski definition) is 3. The van der Waals surface area contributed by atoms with E-state index >= 15 is 0 Å². The van der Waals surface area contributed by atoms with Crippen LogP contribution in [0, 0.1) is 18.6 Å². The highest BCUT2D eigenvalue weighted by molar-refractivity contribution is 6.01. The van der Waals surface area contributed by atoms with E-state index in [1.54, 1.807) is 32.2 Å². The molecule has 0 unspecified atom stereocenters. The van der Waals surface area contributed by atoms with Gasteiger partial charge in [-0.3, -0.25) is 9.59 Å². The first-order chi connectivity index (χ1) is 18.7. The fraction of sp³-hybridized carbons (Fsp3) is 0.355. The number of aliphatic hydroxyl groups excluding tert-OH is 1. The molecule has 0 aliphatic carbocycles. The van der Waals surface area contributed by atoms with Crippen LogP contribution >= 0.6 is 0 Å². The molecule has 0 heterocycles. The maximum Gasteiger partial charge on any atom is 0.251 e. The Kier molecular flexibility index (Phi) is 11.1. The highest BCUT2D eigenvalue weighted by atomic mass is 19.1. The highest BCUT2D eigenvalue weighted by Gasteiger charge is 2.24. The number of nitrogens with one attached hydrogen (secondary N) is 2. The van der Waals surface area contributed by atoms with Crippen molar-refractivity contribution in [1.82, 2.24) is 10.6 Å². The van der Waals surface area contributed by atoms with Crippen molar-refractivity contribution in [3.63, 3.8) is 0 Å². The van der Waals surface area contributed by atoms with Crippen molar-refractivity contribution in [2.24, 2.45) is 0 Å². The SMILES string of the molecule is CCCCC(=O)c1cc(C)cc(C(=O)N[C@@H](Cc2cc(F)cc(F)c2)[C@H](O)CNCc2cccc(OC)c2)c1. The molecule has 0 aliphatic rings. The molecule has 0 saturated heterocycles. The third kappa shape index (κ3) is 9.26. The summed E-state index contributed by atoms with van der Waals surface area (Å²) in [6, 6.07) is 14.7. The fourth-order valence-electron chi connectivity index (χ4n) is 4.36. The largest absolute Gasteiger partial charge is 0.497 e. The zero-order valence-corrected chi connectivity index (χ0v) is 22.6. The lowest BCUT2D eigenvalue weighted by molar-refractivity contribution is 0.0829. The van der Waals surface area contributed by atoms with Crippen LogP contribution in [0.15, 0.2) is 60.7 Å². The number of halogens is 2. The molecule has 3 aromatic carbocycles. The fourth-order valence-corrected chi connectivity index (χ4v) is 4.36. The number of amides is 1. The van der Waals surface area contributed by atoms with Crippen LogP contribution in [0.3, 0.4) is 0 Å². The molecular formula is C31H36F2N2O4. The van der Waals surface area contributed by atoms with Crippen LogP contribution in [0.2, 0.25) is 0 Å². The van der Waals surface area contributed by atoms with Gasteiger partial charge in [0.05, 0.1) is 19.3 Å². The Bertz CT molecular complexity index is 1260. The summed E-state index contributed by atoms with van der Waals surface area (Å²) in [5.74, 6) is -1.30. The van der Waals surface area contributed by atoms with E-state index in [-0.39, 0.29) is 24.3 Å². The molecule has 0 bridgehead atoms. The van der Waals surface area contributed by atoms with Gasteiger partial charge in [0.25, 0.3) is 5.91 Å². The summed E-state index contributed by atoms with van der Waals surface area (Å²) < 4.78 is 33.0. The first kappa shape index (κ1) is 29.9. The third-order valence-electron chi connectivity index (χ3n) is 6.39. The van der Waals surface area contributed by atoms with E-state index in [0.29, 0.717) is 29.8 Å². The average molecular weight is 539 g/mol. The zero-order valence-electron chi connectivity index (χ0n) is 22.6. The number of rotatable bonds is 14. The van der Waals surface area contributed by atoms with Crippen LogP contribution in [0.25, 0.3) is 0 Å². The minimum Gasteiger partial charge on any atom is -0.497 e. The van der Waals surface area contributed by atoms with Crippen molar-refractivity contribution in [3.05, 3.63) is 100 Å². The summed E-state index contributed by atoms with van der Waals surface area (Å²) in [5, 5.41) is 17.0. The summed E-state index contributed by atoms with van der Waals surface area (Å²) in [6.07, 6.45) is 0.955. The van der Waals surface area contributed by atoms with E-state index < -0.39 is 29.7 Å². The van der Waals surface area contributed by atoms with Gasteiger partial charge < -0.3 is 20.5 Å². The van der Waals surface area contributed by atoms with E-state index in [9.17, 15) is 23.5 Å². The number of benzene rings is 3. The van der Waals surface area contributed by atoms with Crippen LogP contribution in [0.5, 0.6) is 5.75 Å². The standard InChI is InChI=1S/C31H36F2N2O4/c1-4-5-9-29(36)23-10-20(2)11-24(16-23)31(38)35-28(15-22-12-25(32)17-26(33)13-22)30(37)19-34-18-21-7-6-8-27(14-21)39-3/h6-8,10-14,16-17,28,30,34,37H,4-5,9,15,18-19H2,1-3H3,(H,35,38)/t28-,30+/m0/s1. The van der Waals surface area contributed by atoms with Gasteiger partial charge in [-0.2, -0.15) is 0 Å². The summed E-state index contributed by atoms with van der Waals surface area (Å²) in [6.45, 7) is 4.35. The number of carbonyl (C=O) groups excluding carboxylic acids is 2. The smallest absolute Gasteiger partial charge is 0.251 e. The van der Waals surface area contributed by atoms with Crippen molar-refractivity contribution >= 4 is 11.7 Å². The molecule has 3 aromatic rings. The second-order valence-electron chi connectivity index (χ2n) is 9.73. The summed E-state index contributed by atoms with van der Waals surface area (Å²) in [5.41, 5.74) is 2.73. The van der Waals surface area contributed by atoms with Crippen molar-refractivity contribution in [2.45, 2.75) is 58.2 Å². The van der Waals surface area contributed by atoms with Gasteiger partial charge in [-0.25, -0.2) is 8.78 Å². The first-order valence-electron chi connectivity index (χ1n) is 13.1. The molecule has 39 heavy (non-hydrogen) atoms. The Morgan fingerprint density at radius 1 is 0.974 bits per heavy atom. The molecule has 3 N–H and O–H groups in total. The van der Waals surface area contributed by atoms with Crippen LogP contribution < -0.4 is 15.4 Å². The van der Waals surface area contributed by atoms with E-state index in [2.05, 4.69) is 10.6 Å². The molecule has 0 aliphatic heterocycles. The quantitative estimate of drug-likeness (QED) is 0.247. The van der Waals surface area contributed by atoms with Gasteiger partial charge in [0.1, 0.15) is 17.4 Å². The van der Waals surface area contributed by atoms with Crippen LogP contribution in [-0.4, -0.2) is 42.6 Å². The average Bonchev–Trinajstić information content (AvgIpc) is 2.90. The molecular weight excluding hydrogens is 502 g/mol. The van der Waals surface area contributed by atoms with Gasteiger partial charge in [0, 0.05) is 36.7 Å². The Morgan fingerprint density at radius 3 is 2.38 bits per heavy atom. The molecule has 6 nitrogen and oxygen atoms in total. The van der Waals surface area contributed by atoms with Crippen molar-refractivity contribution in [2.75, 3.05) is 13.7 Å². The number of ketones is 1. The normalized spacial score (nSPS) is 12.6. The molecule has 1 amide bonds. The molecule has 0 aromatic heterocycles. The number of hydrogen-bond acceptors (Lipinski definition) is 5. The van der Waals surface area contributed by atoms with E-state index in [0.717, 1.165) is 30.0 Å². The second-order valence-corrected chi connectivity index (χ2v) is 9.73. The molecule has 2 atom stereocenters. The predicted octanol–water partition coefficient (Wildman–Crippen LogP) is 5.15. The van der Waals surface area contributed by atoms with Gasteiger partial charge in [0.15, 0.2) is 5.78 Å². The Hall–Kier alpha value is -3.62. The second kappa shape index (κ2) is 14.5. The third-order valence-corrected chi connectivity index (χ3v) is 6.39. The predicted molar refractivity (Wildman–Crippen MR) is 147 cm³/mol. The van der Waals surface area contributed by atoms with Crippen molar-refractivity contribution < 1.29 is 28.2 Å². The van der Waals surface area contributed by atoms with Gasteiger partial charge in [0.2, 0.25) is 0 Å². The molecule has 0 saturated carbocycles. The summed E-state index contributed by atoms with van der Waals surface area (Å²) in [4.78, 5) is 25.9. The van der Waals surface area contributed by atoms with Crippen LogP contribution in [0.4, 0.5) is 8.78 Å². The van der Waals surface area contributed by atoms with Crippen molar-refractivity contribution in [1.29, 1.82) is 0 Å². The Morgan fingerprint density at radius 2 is 1.69 bits per heavy atom. The van der Waals surface area contributed by atoms with E-state index in [4.69, 9.17) is 4.74 Å². The molecule has 0 radical (unpaired) electrons. The number of carbonyl (C=O) groups is 2. The Balaban J connectivity index is 1.77. The molecule has 8 heteroatoms. The molecule has 0 spiro atoms. The number of Topliss-reactive ketones (excluding diaryl/α,β-unsaturated/α-hetero) is 1. The van der Waals surface area contributed by atoms with Gasteiger partial charge in [-0.1, -0.05) is 25.5 Å². The topological polar surface area (TPSA) is 87.7 Å². The first-order valence-corrected chi connectivity index (χ1v) is 13.1. The van der Waals surface area contributed by atoms with Gasteiger partial charge in [-0.05, 0) is 78.9 Å². The maximum atomic E-state index is 13.9. The zero-order chi connectivity index (χ0) is 28.4. The minimum atomic E-state index is -1.08. The number of aliphatic hydroxyl groups is 1. The van der Waals surface area contributed by atoms with Crippen LogP contribution in [-0.2, 0) is 13.0 Å². The minimum absolute atomic E-state index is 0.00344. The summed E-state index contributed by atoms with van der Waals surface area (Å²) in [7, 11) is 1.58. The number of methoxy groups -OCH3 is 1. The van der Waals surface area contributed by atoms with Gasteiger partial charge in [-0.15, -0.1) is 0 Å². The van der Waals surface area contributed by atoms with Crippen LogP contribution in [0.1, 0.15) is 63.6 Å². The maximum absolute atomic E-state index is 13.9. The highest BCUT2D eigenvalue weighted by Crippen LogP contribution is 2.16. The number of aryl methyl sites for hydroxylation is 1. The number of ether oxygens (including phenoxy) is 1.